The lowest BCUT2D eigenvalue weighted by Crippen LogP contribution is -2.44. The molecule has 0 radical (unpaired) electrons. The fourth-order valence-corrected chi connectivity index (χ4v) is 4.04. The maximum atomic E-state index is 12.9. The van der Waals surface area contributed by atoms with Crippen molar-refractivity contribution < 1.29 is 19.2 Å². The van der Waals surface area contributed by atoms with Gasteiger partial charge in [-0.05, 0) is 30.7 Å². The third-order valence-corrected chi connectivity index (χ3v) is 5.38. The minimum absolute atomic E-state index is 0.0209. The molecule has 1 aromatic carbocycles. The molecule has 7 nitrogen and oxygen atoms in total. The fraction of sp³-hybridized carbons (Fsp3) is 0.556. The van der Waals surface area contributed by atoms with E-state index in [-0.39, 0.29) is 22.7 Å². The van der Waals surface area contributed by atoms with Crippen LogP contribution in [-0.4, -0.2) is 41.9 Å². The summed E-state index contributed by atoms with van der Waals surface area (Å²) >= 11 is 0. The number of nitrogens with zero attached hydrogens (tertiary/aromatic N) is 2. The minimum atomic E-state index is -0.691. The first-order chi connectivity index (χ1) is 12.0. The van der Waals surface area contributed by atoms with Crippen molar-refractivity contribution in [1.29, 1.82) is 0 Å². The second kappa shape index (κ2) is 7.21. The Balaban J connectivity index is 1.84. The number of nitro benzene ring substituents is 1. The van der Waals surface area contributed by atoms with Crippen LogP contribution in [0.1, 0.15) is 52.8 Å². The topological polar surface area (TPSA) is 89.8 Å². The third kappa shape index (κ3) is 3.65. The summed E-state index contributed by atoms with van der Waals surface area (Å²) < 4.78 is 4.64. The normalized spacial score (nSPS) is 22.8. The van der Waals surface area contributed by atoms with Crippen LogP contribution >= 0.6 is 0 Å². The van der Waals surface area contributed by atoms with Crippen molar-refractivity contribution in [2.45, 2.75) is 32.1 Å². The number of piperidine rings is 1. The van der Waals surface area contributed by atoms with Crippen molar-refractivity contribution in [2.75, 3.05) is 20.2 Å². The van der Waals surface area contributed by atoms with E-state index < -0.39 is 10.9 Å². The molecule has 1 saturated carbocycles. The van der Waals surface area contributed by atoms with Crippen molar-refractivity contribution in [2.24, 2.45) is 11.8 Å². The van der Waals surface area contributed by atoms with Crippen LogP contribution in [0.25, 0.3) is 0 Å². The molecule has 2 atom stereocenters. The van der Waals surface area contributed by atoms with E-state index >= 15 is 0 Å². The van der Waals surface area contributed by atoms with Gasteiger partial charge in [0.05, 0.1) is 17.6 Å². The summed E-state index contributed by atoms with van der Waals surface area (Å²) in [5.74, 6) is 0.264. The molecule has 1 aromatic rings. The molecule has 1 amide bonds. The van der Waals surface area contributed by atoms with Gasteiger partial charge in [-0.3, -0.25) is 14.9 Å². The molecule has 0 N–H and O–H groups in total. The van der Waals surface area contributed by atoms with Crippen LogP contribution in [0.15, 0.2) is 18.2 Å². The third-order valence-electron chi connectivity index (χ3n) is 5.38. The highest BCUT2D eigenvalue weighted by atomic mass is 16.6. The van der Waals surface area contributed by atoms with E-state index in [0.29, 0.717) is 24.9 Å². The van der Waals surface area contributed by atoms with Gasteiger partial charge in [-0.25, -0.2) is 4.79 Å². The molecule has 1 aliphatic heterocycles. The van der Waals surface area contributed by atoms with Gasteiger partial charge in [0.2, 0.25) is 0 Å². The SMILES string of the molecule is COC(=O)c1cc(C(=O)N2CC[C@H]3CCCC[C@H]3C2)cc([N+](=O)[O-])c1. The van der Waals surface area contributed by atoms with Gasteiger partial charge in [0, 0.05) is 30.8 Å². The standard InChI is InChI=1S/C18H22N2O5/c1-25-18(22)15-8-14(9-16(10-15)20(23)24)17(21)19-7-6-12-4-2-3-5-13(12)11-19/h8-10,12-13H,2-7,11H2,1H3/t12-,13+/m1/s1. The van der Waals surface area contributed by atoms with E-state index in [4.69, 9.17) is 0 Å². The van der Waals surface area contributed by atoms with E-state index in [1.165, 1.54) is 38.5 Å². The highest BCUT2D eigenvalue weighted by molar-refractivity contribution is 5.99. The fourth-order valence-electron chi connectivity index (χ4n) is 4.04. The number of rotatable bonds is 3. The average Bonchev–Trinajstić information content (AvgIpc) is 2.65. The molecule has 1 aliphatic carbocycles. The maximum absolute atomic E-state index is 12.9. The van der Waals surface area contributed by atoms with Gasteiger partial charge in [-0.1, -0.05) is 19.3 Å². The number of carbonyl (C=O) groups excluding carboxylic acids is 2. The Morgan fingerprint density at radius 1 is 1.12 bits per heavy atom. The number of amides is 1. The summed E-state index contributed by atoms with van der Waals surface area (Å²) in [5, 5.41) is 11.1. The van der Waals surface area contributed by atoms with E-state index in [2.05, 4.69) is 4.74 Å². The van der Waals surface area contributed by atoms with Crippen molar-refractivity contribution in [1.82, 2.24) is 4.90 Å². The van der Waals surface area contributed by atoms with Crippen LogP contribution in [0.5, 0.6) is 0 Å². The lowest BCUT2D eigenvalue weighted by Gasteiger charge is -2.41. The summed E-state index contributed by atoms with van der Waals surface area (Å²) in [7, 11) is 1.20. The molecule has 134 valence electrons. The molecule has 2 fully saturated rings. The number of non-ortho nitro benzene ring substituents is 1. The van der Waals surface area contributed by atoms with Gasteiger partial charge in [0.25, 0.3) is 11.6 Å². The Hall–Kier alpha value is -2.44. The van der Waals surface area contributed by atoms with Crippen LogP contribution in [0, 0.1) is 22.0 Å². The lowest BCUT2D eigenvalue weighted by molar-refractivity contribution is -0.384. The van der Waals surface area contributed by atoms with Crippen molar-refractivity contribution in [3.05, 3.63) is 39.4 Å². The summed E-state index contributed by atoms with van der Waals surface area (Å²) in [6.07, 6.45) is 5.82. The Morgan fingerprint density at radius 3 is 2.48 bits per heavy atom. The number of fused-ring (bicyclic) bond motifs is 1. The van der Waals surface area contributed by atoms with Gasteiger partial charge in [0.15, 0.2) is 0 Å². The zero-order valence-electron chi connectivity index (χ0n) is 14.3. The summed E-state index contributed by atoms with van der Waals surface area (Å²) in [5.41, 5.74) is -0.0877. The largest absolute Gasteiger partial charge is 0.465 e. The van der Waals surface area contributed by atoms with E-state index in [1.54, 1.807) is 4.90 Å². The van der Waals surface area contributed by atoms with Crippen LogP contribution in [-0.2, 0) is 4.74 Å². The van der Waals surface area contributed by atoms with Crippen LogP contribution < -0.4 is 0 Å². The van der Waals surface area contributed by atoms with E-state index in [1.807, 2.05) is 0 Å². The summed E-state index contributed by atoms with van der Waals surface area (Å²) in [6.45, 7) is 1.36. The second-order valence-corrected chi connectivity index (χ2v) is 6.86. The first-order valence-corrected chi connectivity index (χ1v) is 8.66. The zero-order valence-corrected chi connectivity index (χ0v) is 14.3. The van der Waals surface area contributed by atoms with Crippen molar-refractivity contribution >= 4 is 17.6 Å². The highest BCUT2D eigenvalue weighted by Crippen LogP contribution is 2.36. The van der Waals surface area contributed by atoms with Gasteiger partial charge in [0.1, 0.15) is 0 Å². The molecule has 1 heterocycles. The van der Waals surface area contributed by atoms with Gasteiger partial charge in [-0.15, -0.1) is 0 Å². The summed E-state index contributed by atoms with van der Waals surface area (Å²) in [6, 6.07) is 3.76. The number of likely N-dealkylation sites (tertiary alicyclic amines) is 1. The molecule has 25 heavy (non-hydrogen) atoms. The number of esters is 1. The smallest absolute Gasteiger partial charge is 0.338 e. The van der Waals surface area contributed by atoms with Crippen LogP contribution in [0.2, 0.25) is 0 Å². The minimum Gasteiger partial charge on any atom is -0.465 e. The van der Waals surface area contributed by atoms with E-state index in [0.717, 1.165) is 18.9 Å². The van der Waals surface area contributed by atoms with Crippen LogP contribution in [0.4, 0.5) is 5.69 Å². The molecule has 0 spiro atoms. The lowest BCUT2D eigenvalue weighted by atomic mass is 9.75. The quantitative estimate of drug-likeness (QED) is 0.477. The van der Waals surface area contributed by atoms with Gasteiger partial charge < -0.3 is 9.64 Å². The average molecular weight is 346 g/mol. The zero-order chi connectivity index (χ0) is 18.0. The first kappa shape index (κ1) is 17.4. The molecule has 7 heteroatoms. The summed E-state index contributed by atoms with van der Waals surface area (Å²) in [4.78, 5) is 36.9. The molecule has 0 unspecified atom stereocenters. The Kier molecular flexibility index (Phi) is 5.01. The van der Waals surface area contributed by atoms with Gasteiger partial charge in [-0.2, -0.15) is 0 Å². The number of nitro groups is 1. The van der Waals surface area contributed by atoms with Gasteiger partial charge >= 0.3 is 5.97 Å². The number of hydrogen-bond donors (Lipinski definition) is 0. The molecular weight excluding hydrogens is 324 g/mol. The number of methoxy groups -OCH3 is 1. The molecular formula is C18H22N2O5. The molecule has 1 saturated heterocycles. The molecule has 2 aliphatic rings. The first-order valence-electron chi connectivity index (χ1n) is 8.66. The number of ether oxygens (including phenoxy) is 1. The Morgan fingerprint density at radius 2 is 1.80 bits per heavy atom. The Labute approximate surface area is 146 Å². The molecule has 3 rings (SSSR count). The highest BCUT2D eigenvalue weighted by Gasteiger charge is 2.33. The monoisotopic (exact) mass is 346 g/mol. The predicted molar refractivity (Wildman–Crippen MR) is 90.4 cm³/mol. The maximum Gasteiger partial charge on any atom is 0.338 e. The van der Waals surface area contributed by atoms with Crippen LogP contribution in [0.3, 0.4) is 0 Å². The predicted octanol–water partition coefficient (Wildman–Crippen LogP) is 3.03. The molecule has 0 aromatic heterocycles. The molecule has 0 bridgehead atoms. The van der Waals surface area contributed by atoms with Crippen molar-refractivity contribution in [3.8, 4) is 0 Å². The number of hydrogen-bond acceptors (Lipinski definition) is 5. The second-order valence-electron chi connectivity index (χ2n) is 6.86. The Bertz CT molecular complexity index is 703. The van der Waals surface area contributed by atoms with E-state index in [9.17, 15) is 19.7 Å². The number of carbonyl (C=O) groups is 2. The van der Waals surface area contributed by atoms with Crippen molar-refractivity contribution in [3.63, 3.8) is 0 Å². The number of benzene rings is 1.